The molecule has 0 aliphatic heterocycles. The quantitative estimate of drug-likeness (QED) is 0.450. The maximum Gasteiger partial charge on any atom is 0.511 e. The average Bonchev–Trinajstić information content (AvgIpc) is 1.87. The molecule has 68 valence electrons. The van der Waals surface area contributed by atoms with Crippen LogP contribution in [-0.2, 0) is 8.85 Å². The lowest BCUT2D eigenvalue weighted by Gasteiger charge is -2.19. The lowest BCUT2D eigenvalue weighted by Crippen LogP contribution is -2.61. The molecule has 0 heterocycles. The van der Waals surface area contributed by atoms with Gasteiger partial charge in [-0.1, -0.05) is 13.3 Å². The van der Waals surface area contributed by atoms with Crippen molar-refractivity contribution in [3.8, 4) is 0 Å². The van der Waals surface area contributed by atoms with Crippen LogP contribution < -0.4 is 10.8 Å². The van der Waals surface area contributed by atoms with Crippen molar-refractivity contribution in [3.05, 3.63) is 0 Å². The van der Waals surface area contributed by atoms with Crippen molar-refractivity contribution in [2.75, 3.05) is 13.2 Å². The minimum atomic E-state index is -2.74. The van der Waals surface area contributed by atoms with Gasteiger partial charge in [-0.3, -0.25) is 10.8 Å². The van der Waals surface area contributed by atoms with E-state index in [2.05, 4.69) is 6.92 Å². The fourth-order valence-corrected chi connectivity index (χ4v) is 1.64. The van der Waals surface area contributed by atoms with Crippen molar-refractivity contribution >= 4 is 8.88 Å². The fraction of sp³-hybridized carbons (Fsp3) is 1.00. The van der Waals surface area contributed by atoms with E-state index in [9.17, 15) is 0 Å². The molecule has 0 rings (SSSR count). The van der Waals surface area contributed by atoms with Crippen LogP contribution in [0.2, 0.25) is 0 Å². The molecule has 0 aliphatic carbocycles. The zero-order chi connectivity index (χ0) is 8.74. The van der Waals surface area contributed by atoms with E-state index in [1.807, 2.05) is 6.92 Å². The van der Waals surface area contributed by atoms with E-state index in [0.29, 0.717) is 13.2 Å². The predicted octanol–water partition coefficient (Wildman–Crippen LogP) is 0.193. The van der Waals surface area contributed by atoms with Crippen LogP contribution >= 0.6 is 0 Å². The molecule has 0 atom stereocenters. The number of hydrogen-bond acceptors (Lipinski definition) is 4. The van der Waals surface area contributed by atoms with Crippen LogP contribution in [0.25, 0.3) is 0 Å². The van der Waals surface area contributed by atoms with Crippen LogP contribution in [0.3, 0.4) is 0 Å². The highest BCUT2D eigenvalue weighted by Gasteiger charge is 2.27. The van der Waals surface area contributed by atoms with Gasteiger partial charge in [-0.05, 0) is 13.3 Å². The van der Waals surface area contributed by atoms with Crippen molar-refractivity contribution in [2.24, 2.45) is 10.8 Å². The van der Waals surface area contributed by atoms with Gasteiger partial charge in [-0.15, -0.1) is 0 Å². The van der Waals surface area contributed by atoms with Crippen molar-refractivity contribution in [2.45, 2.75) is 26.7 Å². The molecule has 0 spiro atoms. The van der Waals surface area contributed by atoms with Gasteiger partial charge < -0.3 is 8.85 Å². The van der Waals surface area contributed by atoms with E-state index in [0.717, 1.165) is 12.8 Å². The third-order valence-corrected chi connectivity index (χ3v) is 2.59. The van der Waals surface area contributed by atoms with Gasteiger partial charge in [0.15, 0.2) is 0 Å². The summed E-state index contributed by atoms with van der Waals surface area (Å²) in [4.78, 5) is 0. The Bertz CT molecular complexity index is 101. The Labute approximate surface area is 69.3 Å². The lowest BCUT2D eigenvalue weighted by atomic mass is 10.4. The molecule has 0 unspecified atom stereocenters. The van der Waals surface area contributed by atoms with E-state index in [-0.39, 0.29) is 0 Å². The predicted molar refractivity (Wildman–Crippen MR) is 46.6 cm³/mol. The summed E-state index contributed by atoms with van der Waals surface area (Å²) in [5.74, 6) is 0. The molecule has 11 heavy (non-hydrogen) atoms. The summed E-state index contributed by atoms with van der Waals surface area (Å²) < 4.78 is 10.2. The number of hydrogen-bond donors (Lipinski definition) is 2. The van der Waals surface area contributed by atoms with Crippen molar-refractivity contribution in [1.82, 2.24) is 0 Å². The third-order valence-electron chi connectivity index (χ3n) is 1.20. The van der Waals surface area contributed by atoms with E-state index in [1.165, 1.54) is 0 Å². The van der Waals surface area contributed by atoms with E-state index in [1.54, 1.807) is 0 Å². The van der Waals surface area contributed by atoms with Crippen LogP contribution in [0.5, 0.6) is 0 Å². The van der Waals surface area contributed by atoms with Gasteiger partial charge in [-0.2, -0.15) is 0 Å². The first-order valence-corrected chi connectivity index (χ1v) is 5.95. The Kier molecular flexibility index (Phi) is 5.70. The van der Waals surface area contributed by atoms with Crippen molar-refractivity contribution in [1.29, 1.82) is 0 Å². The first-order chi connectivity index (χ1) is 5.12. The molecule has 0 radical (unpaired) electrons. The second-order valence-electron chi connectivity index (χ2n) is 2.36. The van der Waals surface area contributed by atoms with Gasteiger partial charge in [-0.25, -0.2) is 0 Å². The molecule has 0 bridgehead atoms. The second-order valence-corrected chi connectivity index (χ2v) is 4.38. The fourth-order valence-electron chi connectivity index (χ4n) is 0.643. The Hall–Kier alpha value is 0.0569. The van der Waals surface area contributed by atoms with Crippen molar-refractivity contribution in [3.63, 3.8) is 0 Å². The first kappa shape index (κ1) is 11.1. The highest BCUT2D eigenvalue weighted by Crippen LogP contribution is 1.94. The highest BCUT2D eigenvalue weighted by atomic mass is 28.4. The van der Waals surface area contributed by atoms with E-state index < -0.39 is 8.88 Å². The topological polar surface area (TPSA) is 70.5 Å². The molecule has 0 saturated carbocycles. The third kappa shape index (κ3) is 6.45. The van der Waals surface area contributed by atoms with Crippen LogP contribution in [0.4, 0.5) is 0 Å². The molecule has 0 amide bonds. The summed E-state index contributed by atoms with van der Waals surface area (Å²) in [7, 11) is -2.74. The summed E-state index contributed by atoms with van der Waals surface area (Å²) in [5.41, 5.74) is 0. The monoisotopic (exact) mass is 178 g/mol. The minimum absolute atomic E-state index is 0.519. The Morgan fingerprint density at radius 3 is 2.27 bits per heavy atom. The van der Waals surface area contributed by atoms with Crippen LogP contribution in [0, 0.1) is 0 Å². The van der Waals surface area contributed by atoms with Gasteiger partial charge in [0.2, 0.25) is 0 Å². The number of unbranched alkanes of at least 4 members (excludes halogenated alkanes) is 1. The Balaban J connectivity index is 3.38. The molecule has 0 fully saturated rings. The maximum atomic E-state index is 5.54. The Morgan fingerprint density at radius 1 is 1.18 bits per heavy atom. The highest BCUT2D eigenvalue weighted by molar-refractivity contribution is 6.60. The number of nitrogens with two attached hydrogens (primary N) is 2. The summed E-state index contributed by atoms with van der Waals surface area (Å²) in [6.45, 7) is 5.06. The van der Waals surface area contributed by atoms with Crippen LogP contribution in [0.15, 0.2) is 0 Å². The zero-order valence-corrected chi connectivity index (χ0v) is 8.30. The van der Waals surface area contributed by atoms with E-state index in [4.69, 9.17) is 19.7 Å². The first-order valence-electron chi connectivity index (χ1n) is 3.98. The molecule has 0 aromatic heterocycles. The molecule has 0 aromatic carbocycles. The molecule has 0 saturated heterocycles. The molecule has 0 aromatic rings. The maximum absolute atomic E-state index is 5.54. The zero-order valence-electron chi connectivity index (χ0n) is 7.30. The molecule has 4 nitrogen and oxygen atoms in total. The standard InChI is InChI=1S/C6H18N2O2Si/c1-3-5-6-10-11(7,8)9-4-2/h3-8H2,1-2H3. The molecule has 0 aliphatic rings. The molecule has 5 heteroatoms. The summed E-state index contributed by atoms with van der Waals surface area (Å²) in [6.07, 6.45) is 2.06. The molecule has 4 N–H and O–H groups in total. The summed E-state index contributed by atoms with van der Waals surface area (Å²) in [6, 6.07) is 0. The second kappa shape index (κ2) is 5.67. The van der Waals surface area contributed by atoms with Crippen LogP contribution in [0.1, 0.15) is 26.7 Å². The normalized spacial score (nSPS) is 12.0. The average molecular weight is 178 g/mol. The van der Waals surface area contributed by atoms with Gasteiger partial charge in [0, 0.05) is 13.2 Å². The minimum Gasteiger partial charge on any atom is -0.371 e. The SMILES string of the molecule is CCCCO[Si](N)(N)OCC. The van der Waals surface area contributed by atoms with Crippen molar-refractivity contribution < 1.29 is 8.85 Å². The van der Waals surface area contributed by atoms with Gasteiger partial charge in [0.1, 0.15) is 0 Å². The largest absolute Gasteiger partial charge is 0.511 e. The smallest absolute Gasteiger partial charge is 0.371 e. The number of rotatable bonds is 6. The van der Waals surface area contributed by atoms with Gasteiger partial charge in [0.05, 0.1) is 0 Å². The summed E-state index contributed by atoms with van der Waals surface area (Å²) in [5, 5.41) is 11.1. The van der Waals surface area contributed by atoms with Gasteiger partial charge in [0.25, 0.3) is 0 Å². The lowest BCUT2D eigenvalue weighted by molar-refractivity contribution is 0.174. The molecular weight excluding hydrogens is 160 g/mol. The molecular formula is C6H18N2O2Si. The Morgan fingerprint density at radius 2 is 1.82 bits per heavy atom. The van der Waals surface area contributed by atoms with E-state index >= 15 is 0 Å². The van der Waals surface area contributed by atoms with Gasteiger partial charge >= 0.3 is 8.88 Å². The van der Waals surface area contributed by atoms with Crippen LogP contribution in [-0.4, -0.2) is 22.1 Å². The summed E-state index contributed by atoms with van der Waals surface area (Å²) >= 11 is 0.